The molecule has 1 aliphatic carbocycles. The van der Waals surface area contributed by atoms with Crippen molar-refractivity contribution in [3.8, 4) is 0 Å². The largest absolute Gasteiger partial charge is 0.300 e. The third kappa shape index (κ3) is 2.22. The minimum Gasteiger partial charge on any atom is -0.300 e. The number of hydrogen-bond acceptors (Lipinski definition) is 2. The van der Waals surface area contributed by atoms with Crippen molar-refractivity contribution in [2.24, 2.45) is 0 Å². The monoisotopic (exact) mass is 453 g/mol. The first-order chi connectivity index (χ1) is 11.6. The Morgan fingerprint density at radius 1 is 1.42 bits per heavy atom. The minimum absolute atomic E-state index is 0.568. The van der Waals surface area contributed by atoms with Crippen LogP contribution in [-0.4, -0.2) is 35.1 Å². The van der Waals surface area contributed by atoms with E-state index in [0.29, 0.717) is 12.0 Å². The van der Waals surface area contributed by atoms with E-state index in [2.05, 4.69) is 62.1 Å². The molecule has 0 bridgehead atoms. The normalized spacial score (nSPS) is 23.3. The zero-order valence-electron chi connectivity index (χ0n) is 13.9. The van der Waals surface area contributed by atoms with Crippen LogP contribution in [0.3, 0.4) is 0 Å². The van der Waals surface area contributed by atoms with Gasteiger partial charge in [0, 0.05) is 27.5 Å². The Balaban J connectivity index is 2.02. The summed E-state index contributed by atoms with van der Waals surface area (Å²) in [5.41, 5.74) is 7.89. The molecule has 6 heteroatoms. The number of nitrogens with one attached hydrogen (secondary N) is 1. The Bertz CT molecular complexity index is 830. The fourth-order valence-electron chi connectivity index (χ4n) is 4.76. The summed E-state index contributed by atoms with van der Waals surface area (Å²) in [6.07, 6.45) is 4.32. The van der Waals surface area contributed by atoms with Crippen molar-refractivity contribution < 1.29 is 4.79 Å². The molecule has 1 amide bonds. The summed E-state index contributed by atoms with van der Waals surface area (Å²) in [6, 6.07) is 2.86. The van der Waals surface area contributed by atoms with Crippen LogP contribution in [0.5, 0.6) is 0 Å². The Kier molecular flexibility index (Phi) is 4.25. The van der Waals surface area contributed by atoms with E-state index in [-0.39, 0.29) is 0 Å². The Morgan fingerprint density at radius 2 is 2.21 bits per heavy atom. The number of carbonyl (C=O) groups excluding carboxylic acids is 1. The van der Waals surface area contributed by atoms with Crippen LogP contribution in [0, 0.1) is 6.92 Å². The fourth-order valence-corrected chi connectivity index (χ4v) is 5.69. The van der Waals surface area contributed by atoms with Crippen molar-refractivity contribution >= 4 is 49.2 Å². The van der Waals surface area contributed by atoms with Crippen LogP contribution in [0.15, 0.2) is 15.0 Å². The van der Waals surface area contributed by atoms with E-state index in [9.17, 15) is 4.79 Å². The van der Waals surface area contributed by atoms with Gasteiger partial charge in [0.25, 0.3) is 0 Å². The lowest BCUT2D eigenvalue weighted by atomic mass is 9.74. The molecule has 1 saturated heterocycles. The third-order valence-electron chi connectivity index (χ3n) is 5.82. The summed E-state index contributed by atoms with van der Waals surface area (Å²) in [6.45, 7) is 6.66. The zero-order chi connectivity index (χ0) is 17.0. The molecule has 4 rings (SSSR count). The molecule has 0 saturated carbocycles. The molecule has 2 heterocycles. The predicted octanol–water partition coefficient (Wildman–Crippen LogP) is 4.30. The van der Waals surface area contributed by atoms with Gasteiger partial charge in [-0.15, -0.1) is 0 Å². The van der Waals surface area contributed by atoms with Crippen LogP contribution in [0.25, 0.3) is 10.9 Å². The Hall–Kier alpha value is -0.850. The maximum Gasteiger partial charge on any atom is 0.226 e. The number of benzene rings is 1. The SMILES string of the molecule is CCN1CCC[C@@H]2c3cc(Br)c(Br)c4c3c(c(C)n4NC=O)C[C@H]21. The quantitative estimate of drug-likeness (QED) is 0.702. The number of fused-ring (bicyclic) bond motifs is 2. The number of nitrogens with zero attached hydrogens (tertiary/aromatic N) is 2. The first-order valence-corrected chi connectivity index (χ1v) is 10.1. The molecule has 2 aromatic rings. The van der Waals surface area contributed by atoms with Crippen molar-refractivity contribution in [1.29, 1.82) is 0 Å². The van der Waals surface area contributed by atoms with Crippen LogP contribution in [0.4, 0.5) is 0 Å². The summed E-state index contributed by atoms with van der Waals surface area (Å²) in [7, 11) is 0. The summed E-state index contributed by atoms with van der Waals surface area (Å²) in [5, 5.41) is 1.33. The molecule has 0 radical (unpaired) electrons. The second-order valence-corrected chi connectivity index (χ2v) is 8.43. The number of likely N-dealkylation sites (tertiary alicyclic amines) is 1. The van der Waals surface area contributed by atoms with Crippen LogP contribution in [0.2, 0.25) is 0 Å². The maximum absolute atomic E-state index is 11.1. The molecule has 1 aromatic carbocycles. The lowest BCUT2D eigenvalue weighted by Crippen LogP contribution is -2.46. The first kappa shape index (κ1) is 16.6. The van der Waals surface area contributed by atoms with Crippen LogP contribution in [0.1, 0.15) is 42.5 Å². The highest BCUT2D eigenvalue weighted by atomic mass is 79.9. The molecule has 0 unspecified atom stereocenters. The smallest absolute Gasteiger partial charge is 0.226 e. The molecule has 128 valence electrons. The van der Waals surface area contributed by atoms with Gasteiger partial charge < -0.3 is 0 Å². The molecule has 1 aromatic heterocycles. The molecular formula is C18H21Br2N3O. The van der Waals surface area contributed by atoms with Crippen molar-refractivity contribution in [2.45, 2.75) is 45.1 Å². The maximum atomic E-state index is 11.1. The average molecular weight is 455 g/mol. The summed E-state index contributed by atoms with van der Waals surface area (Å²) in [4.78, 5) is 13.8. The highest BCUT2D eigenvalue weighted by molar-refractivity contribution is 9.13. The molecule has 1 fully saturated rings. The number of piperidine rings is 1. The van der Waals surface area contributed by atoms with Gasteiger partial charge in [-0.2, -0.15) is 0 Å². The molecule has 2 aliphatic rings. The van der Waals surface area contributed by atoms with E-state index in [1.54, 1.807) is 0 Å². The van der Waals surface area contributed by atoms with Gasteiger partial charge in [-0.1, -0.05) is 6.92 Å². The molecule has 4 nitrogen and oxygen atoms in total. The molecule has 1 N–H and O–H groups in total. The molecule has 24 heavy (non-hydrogen) atoms. The van der Waals surface area contributed by atoms with Crippen molar-refractivity contribution in [2.75, 3.05) is 18.5 Å². The number of halogens is 2. The van der Waals surface area contributed by atoms with Crippen molar-refractivity contribution in [3.63, 3.8) is 0 Å². The van der Waals surface area contributed by atoms with E-state index in [4.69, 9.17) is 0 Å². The number of likely N-dealkylation sites (N-methyl/N-ethyl adjacent to an activating group) is 1. The number of carbonyl (C=O) groups is 1. The highest BCUT2D eigenvalue weighted by Crippen LogP contribution is 2.48. The van der Waals surface area contributed by atoms with Crippen molar-refractivity contribution in [1.82, 2.24) is 9.58 Å². The van der Waals surface area contributed by atoms with Gasteiger partial charge in [0.15, 0.2) is 0 Å². The summed E-state index contributed by atoms with van der Waals surface area (Å²) < 4.78 is 3.99. The third-order valence-corrected chi connectivity index (χ3v) is 7.78. The topological polar surface area (TPSA) is 37.3 Å². The Labute approximate surface area is 158 Å². The number of rotatable bonds is 3. The van der Waals surface area contributed by atoms with Gasteiger partial charge in [-0.05, 0) is 88.3 Å². The van der Waals surface area contributed by atoms with E-state index in [1.807, 2.05) is 4.68 Å². The van der Waals surface area contributed by atoms with Crippen LogP contribution >= 0.6 is 31.9 Å². The summed E-state index contributed by atoms with van der Waals surface area (Å²) >= 11 is 7.43. The van der Waals surface area contributed by atoms with E-state index in [1.165, 1.54) is 35.9 Å². The molecule has 1 aliphatic heterocycles. The molecule has 2 atom stereocenters. The number of amides is 1. The van der Waals surface area contributed by atoms with Crippen LogP contribution in [-0.2, 0) is 11.2 Å². The van der Waals surface area contributed by atoms with Crippen molar-refractivity contribution in [3.05, 3.63) is 31.8 Å². The average Bonchev–Trinajstić information content (AvgIpc) is 2.86. The zero-order valence-corrected chi connectivity index (χ0v) is 17.1. The molecule has 0 spiro atoms. The lowest BCUT2D eigenvalue weighted by molar-refractivity contribution is -0.106. The van der Waals surface area contributed by atoms with Gasteiger partial charge in [0.2, 0.25) is 6.41 Å². The lowest BCUT2D eigenvalue weighted by Gasteiger charge is -2.44. The van der Waals surface area contributed by atoms with Gasteiger partial charge in [-0.25, -0.2) is 0 Å². The van der Waals surface area contributed by atoms with Gasteiger partial charge >= 0.3 is 0 Å². The highest BCUT2D eigenvalue weighted by Gasteiger charge is 2.39. The van der Waals surface area contributed by atoms with Gasteiger partial charge in [0.05, 0.1) is 9.99 Å². The van der Waals surface area contributed by atoms with E-state index >= 15 is 0 Å². The van der Waals surface area contributed by atoms with Crippen LogP contribution < -0.4 is 5.43 Å². The molecular weight excluding hydrogens is 434 g/mol. The van der Waals surface area contributed by atoms with E-state index in [0.717, 1.165) is 39.5 Å². The fraction of sp³-hybridized carbons (Fsp3) is 0.500. The van der Waals surface area contributed by atoms with Gasteiger partial charge in [-0.3, -0.25) is 19.8 Å². The predicted molar refractivity (Wildman–Crippen MR) is 104 cm³/mol. The minimum atomic E-state index is 0.568. The first-order valence-electron chi connectivity index (χ1n) is 8.54. The summed E-state index contributed by atoms with van der Waals surface area (Å²) in [5.74, 6) is 0.574. The standard InChI is InChI=1S/C18H21Br2N3O/c1-3-22-6-4-5-11-13-7-14(19)17(20)18-16(13)12(8-15(11)22)10(2)23(18)21-9-24/h7,9,11,15H,3-6,8H2,1-2H3,(H,21,24)/t11-,15-/m1/s1. The second kappa shape index (κ2) is 6.15. The van der Waals surface area contributed by atoms with E-state index < -0.39 is 0 Å². The number of aromatic nitrogens is 1. The second-order valence-electron chi connectivity index (χ2n) is 6.78. The van der Waals surface area contributed by atoms with Gasteiger partial charge in [0.1, 0.15) is 0 Å². The Morgan fingerprint density at radius 3 is 2.92 bits per heavy atom. The number of hydrogen-bond donors (Lipinski definition) is 1.